The summed E-state index contributed by atoms with van der Waals surface area (Å²) in [5.74, 6) is 0.609. The van der Waals surface area contributed by atoms with Gasteiger partial charge in [0, 0.05) is 0 Å². The SMILES string of the molecule is FC(F)(F)c1ccc(/C=C/C2CCCC2)cc1.O=COC=O. The number of halogens is 3. The molecule has 1 saturated carbocycles. The highest BCUT2D eigenvalue weighted by Crippen LogP contribution is 2.30. The minimum Gasteiger partial charge on any atom is -0.398 e. The molecule has 0 unspecified atom stereocenters. The van der Waals surface area contributed by atoms with Gasteiger partial charge in [0.1, 0.15) is 0 Å². The van der Waals surface area contributed by atoms with Crippen LogP contribution in [0.1, 0.15) is 36.8 Å². The van der Waals surface area contributed by atoms with E-state index < -0.39 is 11.7 Å². The first-order chi connectivity index (χ1) is 10.5. The van der Waals surface area contributed by atoms with Crippen LogP contribution < -0.4 is 0 Å². The molecule has 22 heavy (non-hydrogen) atoms. The number of benzene rings is 1. The predicted octanol–water partition coefficient (Wildman–Crippen LogP) is 4.22. The molecule has 0 N–H and O–H groups in total. The number of ether oxygens (including phenoxy) is 1. The summed E-state index contributed by atoms with van der Waals surface area (Å²) < 4.78 is 40.5. The van der Waals surface area contributed by atoms with Gasteiger partial charge in [-0.3, -0.25) is 9.59 Å². The fourth-order valence-corrected chi connectivity index (χ4v) is 2.20. The predicted molar refractivity (Wildman–Crippen MR) is 75.6 cm³/mol. The van der Waals surface area contributed by atoms with E-state index in [1.807, 2.05) is 6.08 Å². The molecule has 0 bridgehead atoms. The monoisotopic (exact) mass is 314 g/mol. The topological polar surface area (TPSA) is 43.4 Å². The molecule has 1 fully saturated rings. The fourth-order valence-electron chi connectivity index (χ4n) is 2.20. The highest BCUT2D eigenvalue weighted by atomic mass is 19.4. The summed E-state index contributed by atoms with van der Waals surface area (Å²) in [4.78, 5) is 17.9. The normalized spacial score (nSPS) is 15.2. The molecule has 0 spiro atoms. The molecule has 120 valence electrons. The van der Waals surface area contributed by atoms with Gasteiger partial charge in [0.05, 0.1) is 5.56 Å². The molecule has 0 aromatic heterocycles. The molecule has 0 radical (unpaired) electrons. The Morgan fingerprint density at radius 2 is 1.55 bits per heavy atom. The van der Waals surface area contributed by atoms with Gasteiger partial charge in [-0.05, 0) is 36.5 Å². The molecule has 3 nitrogen and oxygen atoms in total. The average Bonchev–Trinajstić information content (AvgIpc) is 2.99. The second-order valence-electron chi connectivity index (χ2n) is 4.85. The minimum atomic E-state index is -4.24. The van der Waals surface area contributed by atoms with Crippen molar-refractivity contribution in [2.45, 2.75) is 31.9 Å². The van der Waals surface area contributed by atoms with Gasteiger partial charge in [0.15, 0.2) is 0 Å². The number of carbonyl (C=O) groups is 2. The molecule has 0 atom stereocenters. The Bertz CT molecular complexity index is 480. The van der Waals surface area contributed by atoms with Crippen molar-refractivity contribution in [3.05, 3.63) is 41.5 Å². The molecule has 6 heteroatoms. The van der Waals surface area contributed by atoms with E-state index in [1.54, 1.807) is 0 Å². The van der Waals surface area contributed by atoms with Crippen LogP contribution in [-0.2, 0) is 20.5 Å². The van der Waals surface area contributed by atoms with Gasteiger partial charge >= 0.3 is 19.1 Å². The number of hydrogen-bond donors (Lipinski definition) is 0. The van der Waals surface area contributed by atoms with Gasteiger partial charge in [-0.15, -0.1) is 0 Å². The zero-order valence-electron chi connectivity index (χ0n) is 11.9. The highest BCUT2D eigenvalue weighted by Gasteiger charge is 2.29. The Hall–Kier alpha value is -2.11. The Labute approximate surface area is 126 Å². The van der Waals surface area contributed by atoms with Crippen LogP contribution in [0.25, 0.3) is 6.08 Å². The van der Waals surface area contributed by atoms with Crippen LogP contribution >= 0.6 is 0 Å². The number of hydrogen-bond acceptors (Lipinski definition) is 3. The second-order valence-corrected chi connectivity index (χ2v) is 4.85. The van der Waals surface area contributed by atoms with Gasteiger partial charge in [0.25, 0.3) is 0 Å². The lowest BCUT2D eigenvalue weighted by molar-refractivity contribution is -0.141. The van der Waals surface area contributed by atoms with Crippen LogP contribution in [0.4, 0.5) is 13.2 Å². The third-order valence-electron chi connectivity index (χ3n) is 3.31. The fraction of sp³-hybridized carbons (Fsp3) is 0.375. The van der Waals surface area contributed by atoms with Gasteiger partial charge in [-0.2, -0.15) is 13.2 Å². The van der Waals surface area contributed by atoms with Crippen molar-refractivity contribution in [2.24, 2.45) is 5.92 Å². The largest absolute Gasteiger partial charge is 0.416 e. The van der Waals surface area contributed by atoms with Crippen molar-refractivity contribution in [1.82, 2.24) is 0 Å². The highest BCUT2D eigenvalue weighted by molar-refractivity contribution is 5.55. The van der Waals surface area contributed by atoms with Crippen LogP contribution in [0, 0.1) is 5.92 Å². The zero-order valence-corrected chi connectivity index (χ0v) is 11.9. The Kier molecular flexibility index (Phi) is 7.36. The van der Waals surface area contributed by atoms with Crippen molar-refractivity contribution in [2.75, 3.05) is 0 Å². The maximum absolute atomic E-state index is 12.3. The van der Waals surface area contributed by atoms with Gasteiger partial charge in [-0.1, -0.05) is 37.1 Å². The van der Waals surface area contributed by atoms with Crippen molar-refractivity contribution >= 4 is 19.0 Å². The Morgan fingerprint density at radius 1 is 1.00 bits per heavy atom. The van der Waals surface area contributed by atoms with Gasteiger partial charge in [0.2, 0.25) is 0 Å². The quantitative estimate of drug-likeness (QED) is 0.617. The molecular formula is C16H17F3O3. The first-order valence-corrected chi connectivity index (χ1v) is 6.85. The van der Waals surface area contributed by atoms with E-state index in [-0.39, 0.29) is 12.9 Å². The third kappa shape index (κ3) is 6.56. The van der Waals surface area contributed by atoms with Crippen LogP contribution in [0.3, 0.4) is 0 Å². The van der Waals surface area contributed by atoms with Gasteiger partial charge in [-0.25, -0.2) is 0 Å². The van der Waals surface area contributed by atoms with E-state index in [4.69, 9.17) is 9.59 Å². The number of alkyl halides is 3. The molecule has 0 aliphatic heterocycles. The standard InChI is InChI=1S/C14H15F3.C2H2O3/c15-14(16,17)13-9-7-12(8-10-13)6-5-11-3-1-2-4-11;3-1-5-2-4/h5-11H,1-4H2;1-2H/b6-5+;. The lowest BCUT2D eigenvalue weighted by atomic mass is 10.1. The third-order valence-corrected chi connectivity index (χ3v) is 3.31. The lowest BCUT2D eigenvalue weighted by Crippen LogP contribution is -2.03. The van der Waals surface area contributed by atoms with Crippen LogP contribution in [-0.4, -0.2) is 12.9 Å². The minimum absolute atomic E-state index is 0.0625. The first-order valence-electron chi connectivity index (χ1n) is 6.85. The summed E-state index contributed by atoms with van der Waals surface area (Å²) in [6.45, 7) is 0.125. The summed E-state index contributed by atoms with van der Waals surface area (Å²) in [7, 11) is 0. The first kappa shape index (κ1) is 17.9. The Morgan fingerprint density at radius 3 is 1.95 bits per heavy atom. The molecule has 1 aliphatic carbocycles. The average molecular weight is 314 g/mol. The van der Waals surface area contributed by atoms with Crippen molar-refractivity contribution in [3.8, 4) is 0 Å². The van der Waals surface area contributed by atoms with Gasteiger partial charge < -0.3 is 4.74 Å². The summed E-state index contributed by atoms with van der Waals surface area (Å²) in [6.07, 6.45) is 4.75. The van der Waals surface area contributed by atoms with Crippen molar-refractivity contribution in [1.29, 1.82) is 0 Å². The molecule has 1 aromatic carbocycles. The lowest BCUT2D eigenvalue weighted by Gasteiger charge is -2.06. The van der Waals surface area contributed by atoms with E-state index in [9.17, 15) is 13.2 Å². The number of allylic oxidation sites excluding steroid dienone is 1. The maximum atomic E-state index is 12.3. The molecule has 1 aromatic rings. The molecule has 0 saturated heterocycles. The number of carbonyl (C=O) groups excluding carboxylic acids is 2. The van der Waals surface area contributed by atoms with E-state index in [0.29, 0.717) is 5.92 Å². The van der Waals surface area contributed by atoms with E-state index >= 15 is 0 Å². The second kappa shape index (κ2) is 9.02. The van der Waals surface area contributed by atoms with Crippen molar-refractivity contribution < 1.29 is 27.5 Å². The molecular weight excluding hydrogens is 297 g/mol. The van der Waals surface area contributed by atoms with Crippen LogP contribution in [0.15, 0.2) is 30.3 Å². The maximum Gasteiger partial charge on any atom is 0.416 e. The smallest absolute Gasteiger partial charge is 0.398 e. The summed E-state index contributed by atoms with van der Waals surface area (Å²) in [5.41, 5.74) is 0.250. The van der Waals surface area contributed by atoms with E-state index in [1.165, 1.54) is 37.8 Å². The van der Waals surface area contributed by atoms with Crippen LogP contribution in [0.5, 0.6) is 0 Å². The number of rotatable bonds is 4. The van der Waals surface area contributed by atoms with E-state index in [0.717, 1.165) is 17.7 Å². The molecule has 0 heterocycles. The summed E-state index contributed by atoms with van der Waals surface area (Å²) in [6, 6.07) is 5.31. The summed E-state index contributed by atoms with van der Waals surface area (Å²) in [5, 5.41) is 0. The van der Waals surface area contributed by atoms with Crippen LogP contribution in [0.2, 0.25) is 0 Å². The zero-order chi connectivity index (χ0) is 16.4. The molecule has 1 aliphatic rings. The molecule has 2 rings (SSSR count). The summed E-state index contributed by atoms with van der Waals surface area (Å²) >= 11 is 0. The van der Waals surface area contributed by atoms with Crippen molar-refractivity contribution in [3.63, 3.8) is 0 Å². The molecule has 0 amide bonds. The Balaban J connectivity index is 0.000000422. The van der Waals surface area contributed by atoms with E-state index in [2.05, 4.69) is 10.8 Å².